The Bertz CT molecular complexity index is 725. The van der Waals surface area contributed by atoms with E-state index in [0.29, 0.717) is 13.2 Å². The topological polar surface area (TPSA) is 71.2 Å². The number of hydrogen-bond donors (Lipinski definition) is 0. The Morgan fingerprint density at radius 2 is 1.92 bits per heavy atom. The van der Waals surface area contributed by atoms with E-state index in [1.807, 2.05) is 24.3 Å². The van der Waals surface area contributed by atoms with Crippen molar-refractivity contribution in [3.8, 4) is 5.75 Å². The van der Waals surface area contributed by atoms with Crippen molar-refractivity contribution >= 4 is 0 Å². The average molecular weight is 330 g/mol. The number of aromatic nitrogens is 4. The number of tetrazole rings is 1. The van der Waals surface area contributed by atoms with Gasteiger partial charge in [0.2, 0.25) is 0 Å². The highest BCUT2D eigenvalue weighted by molar-refractivity contribution is 5.27. The highest BCUT2D eigenvalue weighted by atomic mass is 16.5. The molecular formula is C17H22N4O3. The minimum atomic E-state index is -0.120. The monoisotopic (exact) mass is 330 g/mol. The Labute approximate surface area is 140 Å². The van der Waals surface area contributed by atoms with Gasteiger partial charge in [0.15, 0.2) is 0 Å². The third-order valence-corrected chi connectivity index (χ3v) is 4.78. The Kier molecular flexibility index (Phi) is 4.34. The molecule has 128 valence electrons. The zero-order valence-corrected chi connectivity index (χ0v) is 13.6. The van der Waals surface area contributed by atoms with E-state index in [2.05, 4.69) is 10.4 Å². The molecule has 0 amide bonds. The lowest BCUT2D eigenvalue weighted by Gasteiger charge is -2.12. The summed E-state index contributed by atoms with van der Waals surface area (Å²) >= 11 is 0. The van der Waals surface area contributed by atoms with E-state index in [0.717, 1.165) is 50.0 Å². The van der Waals surface area contributed by atoms with Crippen LogP contribution in [0, 0.1) is 0 Å². The van der Waals surface area contributed by atoms with Gasteiger partial charge in [0, 0.05) is 6.42 Å². The summed E-state index contributed by atoms with van der Waals surface area (Å²) in [5, 5.41) is 8.09. The molecule has 1 atom stereocenters. The second kappa shape index (κ2) is 6.76. The van der Waals surface area contributed by atoms with E-state index in [1.54, 1.807) is 4.68 Å². The molecule has 1 aromatic carbocycles. The Balaban J connectivity index is 1.42. The van der Waals surface area contributed by atoms with Gasteiger partial charge in [0.05, 0.1) is 25.8 Å². The number of hydrogen-bond acceptors (Lipinski definition) is 5. The van der Waals surface area contributed by atoms with Crippen molar-refractivity contribution in [2.45, 2.75) is 50.8 Å². The quantitative estimate of drug-likeness (QED) is 0.835. The average Bonchev–Trinajstić information content (AvgIpc) is 3.33. The minimum Gasteiger partial charge on any atom is -0.488 e. The molecule has 1 saturated heterocycles. The lowest BCUT2D eigenvalue weighted by atomic mass is 10.2. The molecule has 1 unspecified atom stereocenters. The SMILES string of the molecule is O=c1n(Cc2ccc(OC3CCOC3)cc2)nnn1C1CCCC1. The van der Waals surface area contributed by atoms with Crippen LogP contribution in [0.5, 0.6) is 5.75 Å². The summed E-state index contributed by atoms with van der Waals surface area (Å²) in [5.41, 5.74) is 0.885. The van der Waals surface area contributed by atoms with Gasteiger partial charge in [0.25, 0.3) is 0 Å². The molecule has 0 N–H and O–H groups in total. The highest BCUT2D eigenvalue weighted by Gasteiger charge is 2.21. The predicted octanol–water partition coefficient (Wildman–Crippen LogP) is 1.77. The standard InChI is InChI=1S/C17H22N4O3/c22-17-20(18-19-21(17)14-3-1-2-4-14)11-13-5-7-15(8-6-13)24-16-9-10-23-12-16/h5-8,14,16H,1-4,9-12H2. The zero-order valence-electron chi connectivity index (χ0n) is 13.6. The normalized spacial score (nSPS) is 21.4. The first-order chi connectivity index (χ1) is 11.8. The Hall–Kier alpha value is -2.15. The maximum Gasteiger partial charge on any atom is 0.364 e. The van der Waals surface area contributed by atoms with E-state index in [-0.39, 0.29) is 17.8 Å². The fourth-order valence-electron chi connectivity index (χ4n) is 3.41. The maximum absolute atomic E-state index is 12.4. The van der Waals surface area contributed by atoms with Gasteiger partial charge in [0.1, 0.15) is 11.9 Å². The van der Waals surface area contributed by atoms with Crippen LogP contribution in [0.15, 0.2) is 29.1 Å². The van der Waals surface area contributed by atoms with Gasteiger partial charge in [-0.3, -0.25) is 0 Å². The molecule has 2 heterocycles. The second-order valence-corrected chi connectivity index (χ2v) is 6.55. The van der Waals surface area contributed by atoms with Gasteiger partial charge in [-0.2, -0.15) is 9.36 Å². The summed E-state index contributed by atoms with van der Waals surface area (Å²) in [5.74, 6) is 0.830. The van der Waals surface area contributed by atoms with Crippen molar-refractivity contribution < 1.29 is 9.47 Å². The Morgan fingerprint density at radius 3 is 2.62 bits per heavy atom. The third kappa shape index (κ3) is 3.21. The zero-order chi connectivity index (χ0) is 16.4. The summed E-state index contributed by atoms with van der Waals surface area (Å²) < 4.78 is 14.1. The van der Waals surface area contributed by atoms with Gasteiger partial charge < -0.3 is 9.47 Å². The predicted molar refractivity (Wildman–Crippen MR) is 87.2 cm³/mol. The third-order valence-electron chi connectivity index (χ3n) is 4.78. The van der Waals surface area contributed by atoms with Crippen molar-refractivity contribution in [2.24, 2.45) is 0 Å². The van der Waals surface area contributed by atoms with Crippen LogP contribution >= 0.6 is 0 Å². The van der Waals surface area contributed by atoms with Crippen LogP contribution in [0.2, 0.25) is 0 Å². The molecule has 24 heavy (non-hydrogen) atoms. The van der Waals surface area contributed by atoms with E-state index in [4.69, 9.17) is 9.47 Å². The summed E-state index contributed by atoms with van der Waals surface area (Å²) in [6.07, 6.45) is 5.45. The minimum absolute atomic E-state index is 0.120. The van der Waals surface area contributed by atoms with Crippen LogP contribution < -0.4 is 10.4 Å². The first-order valence-electron chi connectivity index (χ1n) is 8.65. The van der Waals surface area contributed by atoms with E-state index in [1.165, 1.54) is 4.68 Å². The van der Waals surface area contributed by atoms with Crippen LogP contribution in [0.25, 0.3) is 0 Å². The number of rotatable bonds is 5. The molecule has 7 heteroatoms. The number of benzene rings is 1. The largest absolute Gasteiger partial charge is 0.488 e. The number of ether oxygens (including phenoxy) is 2. The molecular weight excluding hydrogens is 308 g/mol. The lowest BCUT2D eigenvalue weighted by Crippen LogP contribution is -2.27. The molecule has 2 fully saturated rings. The molecule has 4 rings (SSSR count). The van der Waals surface area contributed by atoms with Crippen LogP contribution in [-0.4, -0.2) is 39.1 Å². The van der Waals surface area contributed by atoms with Gasteiger partial charge in [-0.15, -0.1) is 0 Å². The van der Waals surface area contributed by atoms with E-state index in [9.17, 15) is 4.79 Å². The molecule has 1 aliphatic carbocycles. The van der Waals surface area contributed by atoms with Crippen LogP contribution in [-0.2, 0) is 11.3 Å². The van der Waals surface area contributed by atoms with Crippen LogP contribution in [0.4, 0.5) is 0 Å². The summed E-state index contributed by atoms with van der Waals surface area (Å²) in [6.45, 7) is 1.85. The first kappa shape index (κ1) is 15.4. The molecule has 2 aliphatic rings. The second-order valence-electron chi connectivity index (χ2n) is 6.55. The molecule has 7 nitrogen and oxygen atoms in total. The smallest absolute Gasteiger partial charge is 0.364 e. The van der Waals surface area contributed by atoms with Crippen LogP contribution in [0.3, 0.4) is 0 Å². The van der Waals surface area contributed by atoms with Gasteiger partial charge in [-0.1, -0.05) is 25.0 Å². The van der Waals surface area contributed by atoms with Gasteiger partial charge in [-0.25, -0.2) is 4.79 Å². The fraction of sp³-hybridized carbons (Fsp3) is 0.588. The maximum atomic E-state index is 12.4. The summed E-state index contributed by atoms with van der Waals surface area (Å²) in [6, 6.07) is 8.01. The molecule has 1 saturated carbocycles. The van der Waals surface area contributed by atoms with Gasteiger partial charge in [-0.05, 0) is 41.0 Å². The Morgan fingerprint density at radius 1 is 1.12 bits per heavy atom. The van der Waals surface area contributed by atoms with Crippen molar-refractivity contribution in [1.82, 2.24) is 19.8 Å². The summed E-state index contributed by atoms with van der Waals surface area (Å²) in [4.78, 5) is 12.4. The van der Waals surface area contributed by atoms with Crippen molar-refractivity contribution in [2.75, 3.05) is 13.2 Å². The van der Waals surface area contributed by atoms with Crippen molar-refractivity contribution in [3.05, 3.63) is 40.3 Å². The fourth-order valence-corrected chi connectivity index (χ4v) is 3.41. The van der Waals surface area contributed by atoms with Gasteiger partial charge >= 0.3 is 5.69 Å². The highest BCUT2D eigenvalue weighted by Crippen LogP contribution is 2.27. The van der Waals surface area contributed by atoms with E-state index < -0.39 is 0 Å². The first-order valence-corrected chi connectivity index (χ1v) is 8.65. The molecule has 2 aromatic rings. The number of nitrogens with zero attached hydrogens (tertiary/aromatic N) is 4. The molecule has 1 aromatic heterocycles. The van der Waals surface area contributed by atoms with Crippen LogP contribution in [0.1, 0.15) is 43.7 Å². The van der Waals surface area contributed by atoms with Crippen molar-refractivity contribution in [3.63, 3.8) is 0 Å². The van der Waals surface area contributed by atoms with E-state index >= 15 is 0 Å². The molecule has 0 bridgehead atoms. The summed E-state index contributed by atoms with van der Waals surface area (Å²) in [7, 11) is 0. The van der Waals surface area contributed by atoms with Crippen molar-refractivity contribution in [1.29, 1.82) is 0 Å². The molecule has 1 aliphatic heterocycles. The lowest BCUT2D eigenvalue weighted by molar-refractivity contribution is 0.141. The molecule has 0 spiro atoms. The molecule has 0 radical (unpaired) electrons.